The third kappa shape index (κ3) is 7.59. The Labute approximate surface area is 151 Å². The Kier molecular flexibility index (Phi) is 8.46. The monoisotopic (exact) mass is 349 g/mol. The number of amides is 1. The first-order valence-electron chi connectivity index (χ1n) is 8.78. The van der Waals surface area contributed by atoms with E-state index in [2.05, 4.69) is 24.3 Å². The first-order valence-corrected chi connectivity index (χ1v) is 8.78. The normalized spacial score (nSPS) is 22.5. The maximum Gasteiger partial charge on any atom is 0.410 e. The molecular weight excluding hydrogens is 318 g/mol. The van der Waals surface area contributed by atoms with E-state index >= 15 is 0 Å². The average Bonchev–Trinajstić information content (AvgIpc) is 2.99. The lowest BCUT2D eigenvalue weighted by Gasteiger charge is -2.24. The molecule has 0 unspecified atom stereocenters. The van der Waals surface area contributed by atoms with Gasteiger partial charge in [-0.2, -0.15) is 0 Å². The quantitative estimate of drug-likeness (QED) is 0.556. The van der Waals surface area contributed by atoms with Crippen LogP contribution >= 0.6 is 0 Å². The highest BCUT2D eigenvalue weighted by molar-refractivity contribution is 5.76. The summed E-state index contributed by atoms with van der Waals surface area (Å²) in [7, 11) is 1.37. The van der Waals surface area contributed by atoms with Crippen molar-refractivity contribution in [1.82, 2.24) is 4.90 Å². The molecule has 2 rings (SSSR count). The van der Waals surface area contributed by atoms with E-state index in [9.17, 15) is 9.59 Å². The second kappa shape index (κ2) is 10.1. The van der Waals surface area contributed by atoms with E-state index in [1.807, 2.05) is 39.8 Å². The minimum atomic E-state index is -0.531. The van der Waals surface area contributed by atoms with Crippen LogP contribution in [0, 0.1) is 11.8 Å². The van der Waals surface area contributed by atoms with E-state index in [1.165, 1.54) is 20.0 Å². The van der Waals surface area contributed by atoms with Crippen LogP contribution in [0.1, 0.15) is 40.5 Å². The molecule has 0 spiro atoms. The maximum absolute atomic E-state index is 12.0. The van der Waals surface area contributed by atoms with Crippen LogP contribution < -0.4 is 0 Å². The Balaban J connectivity index is 0.000000435. The molecule has 0 aromatic heterocycles. The van der Waals surface area contributed by atoms with Gasteiger partial charge in [0.25, 0.3) is 0 Å². The average molecular weight is 349 g/mol. The Bertz CT molecular complexity index is 516. The molecule has 0 bridgehead atoms. The van der Waals surface area contributed by atoms with Crippen molar-refractivity contribution in [3.63, 3.8) is 0 Å². The second-order valence-electron chi connectivity index (χ2n) is 7.14. The molecular formula is C20H31NO4. The third-order valence-corrected chi connectivity index (χ3v) is 3.84. The molecule has 1 fully saturated rings. The standard InChI is InChI=1S/C14H23NO4.C6H8/c1-6-7-10-8-15(9-11(10)12(16)18-5)13(17)19-14(2,3)4;1-2-4-6-5-3-1/h6-7,10-11H,8-9H2,1-5H3;1-4H,5-6H2/b7-6+;/t10-,11-;/m0./s1. The maximum atomic E-state index is 12.0. The van der Waals surface area contributed by atoms with Crippen molar-refractivity contribution < 1.29 is 19.1 Å². The van der Waals surface area contributed by atoms with Crippen molar-refractivity contribution in [3.8, 4) is 0 Å². The molecule has 2 aliphatic rings. The summed E-state index contributed by atoms with van der Waals surface area (Å²) < 4.78 is 10.1. The molecule has 2 atom stereocenters. The van der Waals surface area contributed by atoms with Crippen molar-refractivity contribution >= 4 is 12.1 Å². The third-order valence-electron chi connectivity index (χ3n) is 3.84. The van der Waals surface area contributed by atoms with Crippen LogP contribution in [0.3, 0.4) is 0 Å². The summed E-state index contributed by atoms with van der Waals surface area (Å²) >= 11 is 0. The molecule has 1 aliphatic heterocycles. The second-order valence-corrected chi connectivity index (χ2v) is 7.14. The predicted octanol–water partition coefficient (Wildman–Crippen LogP) is 4.11. The summed E-state index contributed by atoms with van der Waals surface area (Å²) in [4.78, 5) is 25.3. The summed E-state index contributed by atoms with van der Waals surface area (Å²) in [5.41, 5.74) is -0.531. The number of carbonyl (C=O) groups excluding carboxylic acids is 2. The van der Waals surface area contributed by atoms with Gasteiger partial charge in [-0.25, -0.2) is 4.79 Å². The van der Waals surface area contributed by atoms with Crippen LogP contribution in [0.15, 0.2) is 36.5 Å². The molecule has 0 radical (unpaired) electrons. The lowest BCUT2D eigenvalue weighted by atomic mass is 9.96. The number of esters is 1. The molecule has 1 aliphatic carbocycles. The Morgan fingerprint density at radius 2 is 1.72 bits per heavy atom. The summed E-state index contributed by atoms with van der Waals surface area (Å²) in [6.07, 6.45) is 14.4. The molecule has 5 nitrogen and oxygen atoms in total. The number of ether oxygens (including phenoxy) is 2. The highest BCUT2D eigenvalue weighted by Crippen LogP contribution is 2.27. The Hall–Kier alpha value is -2.04. The molecule has 0 aromatic rings. The van der Waals surface area contributed by atoms with Crippen molar-refractivity contribution in [2.24, 2.45) is 11.8 Å². The van der Waals surface area contributed by atoms with Crippen LogP contribution in [0.4, 0.5) is 4.79 Å². The van der Waals surface area contributed by atoms with Gasteiger partial charge in [-0.3, -0.25) is 4.79 Å². The Morgan fingerprint density at radius 1 is 1.12 bits per heavy atom. The largest absolute Gasteiger partial charge is 0.469 e. The summed E-state index contributed by atoms with van der Waals surface area (Å²) in [5.74, 6) is -0.604. The molecule has 140 valence electrons. The predicted molar refractivity (Wildman–Crippen MR) is 99.1 cm³/mol. The van der Waals surface area contributed by atoms with E-state index in [-0.39, 0.29) is 23.9 Å². The molecule has 5 heteroatoms. The van der Waals surface area contributed by atoms with Gasteiger partial charge in [0, 0.05) is 19.0 Å². The van der Waals surface area contributed by atoms with Crippen LogP contribution in [-0.4, -0.2) is 42.8 Å². The zero-order valence-corrected chi connectivity index (χ0v) is 16.0. The molecule has 0 aromatic carbocycles. The van der Waals surface area contributed by atoms with Gasteiger partial charge < -0.3 is 14.4 Å². The van der Waals surface area contributed by atoms with Gasteiger partial charge >= 0.3 is 12.1 Å². The van der Waals surface area contributed by atoms with Gasteiger partial charge in [-0.15, -0.1) is 0 Å². The topological polar surface area (TPSA) is 55.8 Å². The van der Waals surface area contributed by atoms with Crippen LogP contribution in [0.5, 0.6) is 0 Å². The minimum Gasteiger partial charge on any atom is -0.469 e. The zero-order chi connectivity index (χ0) is 18.9. The van der Waals surface area contributed by atoms with Crippen LogP contribution in [-0.2, 0) is 14.3 Å². The van der Waals surface area contributed by atoms with E-state index in [1.54, 1.807) is 4.90 Å². The van der Waals surface area contributed by atoms with Gasteiger partial charge in [0.2, 0.25) is 0 Å². The van der Waals surface area contributed by atoms with Crippen molar-refractivity contribution in [1.29, 1.82) is 0 Å². The lowest BCUT2D eigenvalue weighted by molar-refractivity contribution is -0.145. The molecule has 1 saturated heterocycles. The van der Waals surface area contributed by atoms with Crippen molar-refractivity contribution in [2.75, 3.05) is 20.2 Å². The molecule has 25 heavy (non-hydrogen) atoms. The number of methoxy groups -OCH3 is 1. The smallest absolute Gasteiger partial charge is 0.410 e. The lowest BCUT2D eigenvalue weighted by Crippen LogP contribution is -2.36. The van der Waals surface area contributed by atoms with Crippen LogP contribution in [0.25, 0.3) is 0 Å². The molecule has 1 amide bonds. The number of carbonyl (C=O) groups is 2. The van der Waals surface area contributed by atoms with E-state index in [0.29, 0.717) is 13.1 Å². The van der Waals surface area contributed by atoms with Crippen molar-refractivity contribution in [3.05, 3.63) is 36.5 Å². The van der Waals surface area contributed by atoms with E-state index in [0.717, 1.165) is 0 Å². The highest BCUT2D eigenvalue weighted by Gasteiger charge is 2.40. The van der Waals surface area contributed by atoms with Gasteiger partial charge in [-0.05, 0) is 40.5 Å². The number of hydrogen-bond acceptors (Lipinski definition) is 4. The van der Waals surface area contributed by atoms with Gasteiger partial charge in [0.05, 0.1) is 13.0 Å². The number of allylic oxidation sites excluding steroid dienone is 5. The minimum absolute atomic E-state index is 0.00929. The summed E-state index contributed by atoms with van der Waals surface area (Å²) in [6, 6.07) is 0. The fraction of sp³-hybridized carbons (Fsp3) is 0.600. The van der Waals surface area contributed by atoms with Gasteiger partial charge in [-0.1, -0.05) is 36.5 Å². The first-order chi connectivity index (χ1) is 11.8. The number of rotatable bonds is 2. The van der Waals surface area contributed by atoms with Crippen molar-refractivity contribution in [2.45, 2.75) is 46.1 Å². The van der Waals surface area contributed by atoms with E-state index in [4.69, 9.17) is 9.47 Å². The Morgan fingerprint density at radius 3 is 2.12 bits per heavy atom. The number of hydrogen-bond donors (Lipinski definition) is 0. The van der Waals surface area contributed by atoms with Crippen LogP contribution in [0.2, 0.25) is 0 Å². The first kappa shape index (κ1) is 21.0. The van der Waals surface area contributed by atoms with E-state index < -0.39 is 5.60 Å². The molecule has 0 saturated carbocycles. The van der Waals surface area contributed by atoms with Gasteiger partial charge in [0.15, 0.2) is 0 Å². The van der Waals surface area contributed by atoms with Gasteiger partial charge in [0.1, 0.15) is 5.60 Å². The summed E-state index contributed by atoms with van der Waals surface area (Å²) in [6.45, 7) is 8.19. The number of nitrogens with zero attached hydrogens (tertiary/aromatic N) is 1. The highest BCUT2D eigenvalue weighted by atomic mass is 16.6. The zero-order valence-electron chi connectivity index (χ0n) is 16.0. The fourth-order valence-corrected chi connectivity index (χ4v) is 2.69. The fourth-order valence-electron chi connectivity index (χ4n) is 2.69. The SMILES string of the molecule is C/C=C/[C@H]1CN(C(=O)OC(C)(C)C)C[C@@H]1C(=O)OC.C1=CCCC=C1. The molecule has 1 heterocycles. The molecule has 0 N–H and O–H groups in total. The number of likely N-dealkylation sites (tertiary alicyclic amines) is 1. The summed E-state index contributed by atoms with van der Waals surface area (Å²) in [5, 5.41) is 0.